The maximum atomic E-state index is 2.28. The van der Waals surface area contributed by atoms with Crippen LogP contribution in [0.15, 0.2) is 12.3 Å². The van der Waals surface area contributed by atoms with Crippen LogP contribution in [0, 0.1) is 0 Å². The molecule has 0 aromatic heterocycles. The molecule has 0 aromatic rings. The highest BCUT2D eigenvalue weighted by atomic mass is 15.1. The summed E-state index contributed by atoms with van der Waals surface area (Å²) in [5.41, 5.74) is 0. The van der Waals surface area contributed by atoms with Crippen molar-refractivity contribution in [1.82, 2.24) is 4.90 Å². The summed E-state index contributed by atoms with van der Waals surface area (Å²) >= 11 is 0. The molecule has 0 saturated heterocycles. The average Bonchev–Trinajstić information content (AvgIpc) is 1.91. The molecule has 0 unspecified atom stereocenters. The molecule has 0 aliphatic rings. The van der Waals surface area contributed by atoms with Crippen molar-refractivity contribution in [3.63, 3.8) is 0 Å². The molecule has 0 atom stereocenters. The first-order valence-electron chi connectivity index (χ1n) is 4.11. The molecule has 0 N–H and O–H groups in total. The molecule has 0 rings (SSSR count). The van der Waals surface area contributed by atoms with E-state index in [1.165, 1.54) is 12.8 Å². The van der Waals surface area contributed by atoms with Gasteiger partial charge in [0.2, 0.25) is 0 Å². The van der Waals surface area contributed by atoms with E-state index in [-0.39, 0.29) is 0 Å². The van der Waals surface area contributed by atoms with Gasteiger partial charge in [-0.3, -0.25) is 0 Å². The van der Waals surface area contributed by atoms with Crippen LogP contribution in [-0.4, -0.2) is 18.0 Å². The minimum absolute atomic E-state index is 0.719. The molecule has 0 aliphatic carbocycles. The van der Waals surface area contributed by atoms with Crippen LogP contribution >= 0.6 is 0 Å². The highest BCUT2D eigenvalue weighted by molar-refractivity contribution is 4.80. The molecule has 0 heterocycles. The first-order chi connectivity index (χ1) is 4.76. The Hall–Kier alpha value is -0.460. The molecule has 0 bridgehead atoms. The van der Waals surface area contributed by atoms with Gasteiger partial charge in [-0.05, 0) is 26.0 Å². The fourth-order valence-electron chi connectivity index (χ4n) is 1.22. The van der Waals surface area contributed by atoms with E-state index >= 15 is 0 Å². The summed E-state index contributed by atoms with van der Waals surface area (Å²) in [6.07, 6.45) is 6.69. The number of hydrogen-bond acceptors (Lipinski definition) is 1. The lowest BCUT2D eigenvalue weighted by molar-refractivity contribution is 0.311. The van der Waals surface area contributed by atoms with Crippen LogP contribution in [0.3, 0.4) is 0 Å². The van der Waals surface area contributed by atoms with Crippen molar-refractivity contribution in [3.05, 3.63) is 12.3 Å². The minimum atomic E-state index is 0.719. The van der Waals surface area contributed by atoms with Crippen molar-refractivity contribution in [2.24, 2.45) is 0 Å². The van der Waals surface area contributed by atoms with Gasteiger partial charge in [0, 0.05) is 13.1 Å². The summed E-state index contributed by atoms with van der Waals surface area (Å²) in [4.78, 5) is 2.28. The van der Waals surface area contributed by atoms with Crippen LogP contribution in [0.1, 0.15) is 33.6 Å². The lowest BCUT2D eigenvalue weighted by atomic mass is 10.1. The molecule has 0 amide bonds. The Morgan fingerprint density at radius 3 is 2.10 bits per heavy atom. The Morgan fingerprint density at radius 1 is 1.30 bits per heavy atom. The fraction of sp³-hybridized carbons (Fsp3) is 0.778. The zero-order valence-electron chi connectivity index (χ0n) is 7.59. The topological polar surface area (TPSA) is 3.24 Å². The van der Waals surface area contributed by atoms with Crippen molar-refractivity contribution in [2.45, 2.75) is 39.7 Å². The Kier molecular flexibility index (Phi) is 5.09. The van der Waals surface area contributed by atoms with E-state index in [1.54, 1.807) is 0 Å². The summed E-state index contributed by atoms with van der Waals surface area (Å²) in [5.74, 6) is 0. The molecule has 0 aromatic carbocycles. The second-order valence-electron chi connectivity index (χ2n) is 2.62. The maximum Gasteiger partial charge on any atom is 0.0275 e. The van der Waals surface area contributed by atoms with Gasteiger partial charge in [-0.2, -0.15) is 0 Å². The normalized spacial score (nSPS) is 11.3. The third-order valence-electron chi connectivity index (χ3n) is 1.90. The predicted molar refractivity (Wildman–Crippen MR) is 46.9 cm³/mol. The SMILES string of the molecule is CC=CN(C)C(CC)CC. The minimum Gasteiger partial charge on any atom is -0.378 e. The standard InChI is InChI=1S/C9H19N/c1-5-8-10(4)9(6-2)7-3/h5,8-9H,6-7H2,1-4H3. The van der Waals surface area contributed by atoms with E-state index in [9.17, 15) is 0 Å². The molecular weight excluding hydrogens is 122 g/mol. The summed E-state index contributed by atoms with van der Waals surface area (Å²) in [6.45, 7) is 6.52. The van der Waals surface area contributed by atoms with Crippen LogP contribution in [0.5, 0.6) is 0 Å². The summed E-state index contributed by atoms with van der Waals surface area (Å²) in [5, 5.41) is 0. The van der Waals surface area contributed by atoms with Gasteiger partial charge in [0.25, 0.3) is 0 Å². The molecular formula is C9H19N. The average molecular weight is 141 g/mol. The molecule has 0 aliphatic heterocycles. The Bertz CT molecular complexity index is 92.9. The van der Waals surface area contributed by atoms with E-state index in [1.807, 2.05) is 0 Å². The van der Waals surface area contributed by atoms with Gasteiger partial charge in [-0.1, -0.05) is 19.9 Å². The van der Waals surface area contributed by atoms with E-state index in [0.717, 1.165) is 6.04 Å². The largest absolute Gasteiger partial charge is 0.378 e. The monoisotopic (exact) mass is 141 g/mol. The highest BCUT2D eigenvalue weighted by Gasteiger charge is 2.04. The third kappa shape index (κ3) is 2.90. The number of hydrogen-bond donors (Lipinski definition) is 0. The van der Waals surface area contributed by atoms with Crippen LogP contribution in [0.25, 0.3) is 0 Å². The van der Waals surface area contributed by atoms with Crippen LogP contribution in [0.2, 0.25) is 0 Å². The predicted octanol–water partition coefficient (Wildman–Crippen LogP) is 2.64. The van der Waals surface area contributed by atoms with Gasteiger partial charge < -0.3 is 4.90 Å². The number of rotatable bonds is 4. The van der Waals surface area contributed by atoms with E-state index in [2.05, 4.69) is 45.0 Å². The quantitative estimate of drug-likeness (QED) is 0.581. The third-order valence-corrected chi connectivity index (χ3v) is 1.90. The first-order valence-corrected chi connectivity index (χ1v) is 4.11. The molecule has 0 radical (unpaired) electrons. The molecule has 10 heavy (non-hydrogen) atoms. The fourth-order valence-corrected chi connectivity index (χ4v) is 1.22. The Morgan fingerprint density at radius 2 is 1.80 bits per heavy atom. The summed E-state index contributed by atoms with van der Waals surface area (Å²) in [7, 11) is 2.14. The summed E-state index contributed by atoms with van der Waals surface area (Å²) in [6, 6.07) is 0.719. The second-order valence-corrected chi connectivity index (χ2v) is 2.62. The van der Waals surface area contributed by atoms with Crippen molar-refractivity contribution >= 4 is 0 Å². The number of allylic oxidation sites excluding steroid dienone is 1. The number of nitrogens with zero attached hydrogens (tertiary/aromatic N) is 1. The van der Waals surface area contributed by atoms with E-state index < -0.39 is 0 Å². The Labute approximate surface area is 64.7 Å². The molecule has 60 valence electrons. The van der Waals surface area contributed by atoms with E-state index in [4.69, 9.17) is 0 Å². The summed E-state index contributed by atoms with van der Waals surface area (Å²) < 4.78 is 0. The molecule has 0 fully saturated rings. The lowest BCUT2D eigenvalue weighted by Crippen LogP contribution is -2.25. The van der Waals surface area contributed by atoms with Crippen molar-refractivity contribution in [2.75, 3.05) is 7.05 Å². The Balaban J connectivity index is 3.75. The van der Waals surface area contributed by atoms with Gasteiger partial charge in [0.05, 0.1) is 0 Å². The van der Waals surface area contributed by atoms with Crippen molar-refractivity contribution < 1.29 is 0 Å². The smallest absolute Gasteiger partial charge is 0.0275 e. The van der Waals surface area contributed by atoms with E-state index in [0.29, 0.717) is 0 Å². The second kappa shape index (κ2) is 5.33. The van der Waals surface area contributed by atoms with Gasteiger partial charge in [-0.15, -0.1) is 0 Å². The lowest BCUT2D eigenvalue weighted by Gasteiger charge is -2.24. The van der Waals surface area contributed by atoms with Crippen molar-refractivity contribution in [3.8, 4) is 0 Å². The van der Waals surface area contributed by atoms with Crippen molar-refractivity contribution in [1.29, 1.82) is 0 Å². The van der Waals surface area contributed by atoms with Gasteiger partial charge >= 0.3 is 0 Å². The molecule has 1 nitrogen and oxygen atoms in total. The zero-order chi connectivity index (χ0) is 7.98. The molecule has 0 saturated carbocycles. The van der Waals surface area contributed by atoms with Crippen LogP contribution in [-0.2, 0) is 0 Å². The van der Waals surface area contributed by atoms with Crippen LogP contribution < -0.4 is 0 Å². The van der Waals surface area contributed by atoms with Gasteiger partial charge in [0.15, 0.2) is 0 Å². The zero-order valence-corrected chi connectivity index (χ0v) is 7.59. The first kappa shape index (κ1) is 9.54. The highest BCUT2D eigenvalue weighted by Crippen LogP contribution is 2.05. The maximum absolute atomic E-state index is 2.28. The van der Waals surface area contributed by atoms with Crippen LogP contribution in [0.4, 0.5) is 0 Å². The van der Waals surface area contributed by atoms with Gasteiger partial charge in [0.1, 0.15) is 0 Å². The molecule has 0 spiro atoms. The molecule has 1 heteroatoms. The van der Waals surface area contributed by atoms with Gasteiger partial charge in [-0.25, -0.2) is 0 Å².